The molecular formula is C10H13N3O5. The maximum absolute atomic E-state index is 11.2. The molecule has 8 nitrogen and oxygen atoms in total. The highest BCUT2D eigenvalue weighted by molar-refractivity contribution is 5.95. The van der Waals surface area contributed by atoms with Gasteiger partial charge in [-0.3, -0.25) is 20.2 Å². The largest absolute Gasteiger partial charge is 0.480 e. The van der Waals surface area contributed by atoms with Crippen LogP contribution in [0.15, 0.2) is 22.8 Å². The molecule has 3 amide bonds. The molecule has 1 aromatic heterocycles. The Balaban J connectivity index is 2.15. The monoisotopic (exact) mass is 255 g/mol. The number of hydrogen-bond donors (Lipinski definition) is 4. The van der Waals surface area contributed by atoms with Crippen LogP contribution in [-0.4, -0.2) is 36.1 Å². The Morgan fingerprint density at radius 2 is 2.06 bits per heavy atom. The summed E-state index contributed by atoms with van der Waals surface area (Å²) in [6, 6.07) is 2.68. The van der Waals surface area contributed by atoms with Gasteiger partial charge in [0.1, 0.15) is 5.76 Å². The van der Waals surface area contributed by atoms with Gasteiger partial charge in [0.05, 0.1) is 25.9 Å². The molecule has 0 radical (unpaired) electrons. The number of carbonyl (C=O) groups is 3. The first-order valence-electron chi connectivity index (χ1n) is 5.10. The van der Waals surface area contributed by atoms with Crippen LogP contribution in [0.4, 0.5) is 4.79 Å². The Labute approximate surface area is 102 Å². The number of furan rings is 1. The van der Waals surface area contributed by atoms with Gasteiger partial charge in [0, 0.05) is 0 Å². The predicted molar refractivity (Wildman–Crippen MR) is 59.6 cm³/mol. The lowest BCUT2D eigenvalue weighted by atomic mass is 10.4. The normalized spacial score (nSPS) is 9.78. The Morgan fingerprint density at radius 3 is 2.67 bits per heavy atom. The molecule has 0 saturated carbocycles. The Bertz CT molecular complexity index is 415. The van der Waals surface area contributed by atoms with Crippen LogP contribution in [0.1, 0.15) is 5.76 Å². The zero-order chi connectivity index (χ0) is 13.4. The Morgan fingerprint density at radius 1 is 1.28 bits per heavy atom. The summed E-state index contributed by atoms with van der Waals surface area (Å²) in [5.41, 5.74) is 0. The van der Waals surface area contributed by atoms with Gasteiger partial charge in [0.25, 0.3) is 0 Å². The van der Waals surface area contributed by atoms with Crippen LogP contribution in [0.3, 0.4) is 0 Å². The number of hydrogen-bond acceptors (Lipinski definition) is 5. The van der Waals surface area contributed by atoms with Gasteiger partial charge in [-0.2, -0.15) is 0 Å². The third kappa shape index (κ3) is 5.66. The molecule has 0 bridgehead atoms. The van der Waals surface area contributed by atoms with Crippen LogP contribution >= 0.6 is 0 Å². The minimum atomic E-state index is -1.08. The summed E-state index contributed by atoms with van der Waals surface area (Å²) in [4.78, 5) is 32.5. The molecule has 0 spiro atoms. The van der Waals surface area contributed by atoms with Crippen molar-refractivity contribution in [2.75, 3.05) is 13.1 Å². The van der Waals surface area contributed by atoms with E-state index in [0.717, 1.165) is 0 Å². The fourth-order valence-electron chi connectivity index (χ4n) is 1.08. The lowest BCUT2D eigenvalue weighted by molar-refractivity contribution is -0.135. The predicted octanol–water partition coefficient (Wildman–Crippen LogP) is -0.720. The number of amides is 3. The summed E-state index contributed by atoms with van der Waals surface area (Å²) in [7, 11) is 0. The van der Waals surface area contributed by atoms with Gasteiger partial charge in [-0.15, -0.1) is 0 Å². The molecule has 0 aliphatic carbocycles. The summed E-state index contributed by atoms with van der Waals surface area (Å²) in [6.07, 6.45) is 1.47. The fourth-order valence-corrected chi connectivity index (χ4v) is 1.08. The lowest BCUT2D eigenvalue weighted by Crippen LogP contribution is -2.43. The number of urea groups is 1. The zero-order valence-electron chi connectivity index (χ0n) is 9.43. The average Bonchev–Trinajstić information content (AvgIpc) is 2.78. The number of carbonyl (C=O) groups excluding carboxylic acids is 2. The van der Waals surface area contributed by atoms with Crippen LogP contribution < -0.4 is 16.0 Å². The molecule has 98 valence electrons. The van der Waals surface area contributed by atoms with E-state index in [1.807, 2.05) is 5.32 Å². The van der Waals surface area contributed by atoms with Gasteiger partial charge in [0.2, 0.25) is 5.91 Å². The molecular weight excluding hydrogens is 242 g/mol. The maximum atomic E-state index is 11.2. The van der Waals surface area contributed by atoms with Gasteiger partial charge in [-0.25, -0.2) is 4.79 Å². The number of rotatable bonds is 6. The van der Waals surface area contributed by atoms with Crippen LogP contribution in [0, 0.1) is 0 Å². The molecule has 0 saturated heterocycles. The molecule has 0 unspecified atom stereocenters. The topological polar surface area (TPSA) is 121 Å². The summed E-state index contributed by atoms with van der Waals surface area (Å²) in [5, 5.41) is 15.1. The Kier molecular flexibility index (Phi) is 5.39. The maximum Gasteiger partial charge on any atom is 0.321 e. The third-order valence-electron chi connectivity index (χ3n) is 1.82. The van der Waals surface area contributed by atoms with E-state index in [0.29, 0.717) is 5.76 Å². The smallest absolute Gasteiger partial charge is 0.321 e. The number of aliphatic carboxylic acids is 1. The molecule has 1 aromatic rings. The van der Waals surface area contributed by atoms with E-state index in [-0.39, 0.29) is 19.6 Å². The summed E-state index contributed by atoms with van der Waals surface area (Å²) >= 11 is 0. The number of carboxylic acid groups (broad SMARTS) is 1. The number of carboxylic acids is 1. The van der Waals surface area contributed by atoms with Crippen molar-refractivity contribution in [1.82, 2.24) is 16.0 Å². The van der Waals surface area contributed by atoms with Crippen molar-refractivity contribution in [3.8, 4) is 0 Å². The molecule has 8 heteroatoms. The third-order valence-corrected chi connectivity index (χ3v) is 1.82. The van der Waals surface area contributed by atoms with Crippen molar-refractivity contribution in [2.45, 2.75) is 6.54 Å². The van der Waals surface area contributed by atoms with E-state index in [1.165, 1.54) is 6.26 Å². The van der Waals surface area contributed by atoms with Crippen LogP contribution in [0.25, 0.3) is 0 Å². The van der Waals surface area contributed by atoms with Gasteiger partial charge >= 0.3 is 12.0 Å². The van der Waals surface area contributed by atoms with Gasteiger partial charge < -0.3 is 14.8 Å². The van der Waals surface area contributed by atoms with Crippen molar-refractivity contribution in [1.29, 1.82) is 0 Å². The van der Waals surface area contributed by atoms with Crippen LogP contribution in [-0.2, 0) is 16.1 Å². The summed E-state index contributed by atoms with van der Waals surface area (Å²) in [6.45, 7) is -0.434. The van der Waals surface area contributed by atoms with Crippen molar-refractivity contribution >= 4 is 17.9 Å². The van der Waals surface area contributed by atoms with Crippen molar-refractivity contribution in [3.63, 3.8) is 0 Å². The first-order chi connectivity index (χ1) is 8.58. The van der Waals surface area contributed by atoms with E-state index in [2.05, 4.69) is 10.6 Å². The second kappa shape index (κ2) is 7.07. The fraction of sp³-hybridized carbons (Fsp3) is 0.300. The lowest BCUT2D eigenvalue weighted by Gasteiger charge is -2.05. The van der Waals surface area contributed by atoms with Crippen molar-refractivity contribution in [3.05, 3.63) is 24.2 Å². The summed E-state index contributed by atoms with van der Waals surface area (Å²) in [5.74, 6) is -1.14. The molecule has 0 aliphatic heterocycles. The second-order valence-corrected chi connectivity index (χ2v) is 3.31. The molecule has 1 rings (SSSR count). The highest BCUT2D eigenvalue weighted by atomic mass is 16.4. The van der Waals surface area contributed by atoms with Crippen molar-refractivity contribution in [2.24, 2.45) is 0 Å². The van der Waals surface area contributed by atoms with E-state index in [4.69, 9.17) is 9.52 Å². The molecule has 0 fully saturated rings. The number of nitrogens with one attached hydrogen (secondary N) is 3. The molecule has 1 heterocycles. The van der Waals surface area contributed by atoms with E-state index < -0.39 is 17.9 Å². The van der Waals surface area contributed by atoms with Crippen LogP contribution in [0.2, 0.25) is 0 Å². The second-order valence-electron chi connectivity index (χ2n) is 3.31. The molecule has 4 N–H and O–H groups in total. The van der Waals surface area contributed by atoms with Gasteiger partial charge in [-0.1, -0.05) is 0 Å². The minimum Gasteiger partial charge on any atom is -0.480 e. The van der Waals surface area contributed by atoms with Gasteiger partial charge in [0.15, 0.2) is 0 Å². The standard InChI is InChI=1S/C10H13N3O5/c14-8(5-11-6-9(15)16)13-10(17)12-4-7-2-1-3-18-7/h1-3,11H,4-6H2,(H,15,16)(H2,12,13,14,17). The van der Waals surface area contributed by atoms with Crippen LogP contribution in [0.5, 0.6) is 0 Å². The zero-order valence-corrected chi connectivity index (χ0v) is 9.43. The van der Waals surface area contributed by atoms with E-state index in [1.54, 1.807) is 12.1 Å². The molecule has 0 atom stereocenters. The van der Waals surface area contributed by atoms with E-state index >= 15 is 0 Å². The molecule has 18 heavy (non-hydrogen) atoms. The quantitative estimate of drug-likeness (QED) is 0.532. The molecule has 0 aliphatic rings. The van der Waals surface area contributed by atoms with Gasteiger partial charge in [-0.05, 0) is 12.1 Å². The first-order valence-corrected chi connectivity index (χ1v) is 5.10. The van der Waals surface area contributed by atoms with Crippen molar-refractivity contribution < 1.29 is 23.9 Å². The average molecular weight is 255 g/mol. The highest BCUT2D eigenvalue weighted by Gasteiger charge is 2.08. The summed E-state index contributed by atoms with van der Waals surface area (Å²) < 4.78 is 4.98. The Hall–Kier alpha value is -2.35. The first kappa shape index (κ1) is 13.7. The van der Waals surface area contributed by atoms with E-state index in [9.17, 15) is 14.4 Å². The highest BCUT2D eigenvalue weighted by Crippen LogP contribution is 1.97. The minimum absolute atomic E-state index is 0.161. The molecule has 0 aromatic carbocycles. The number of imide groups is 1. The SMILES string of the molecule is O=C(O)CNCC(=O)NC(=O)NCc1ccco1.